The van der Waals surface area contributed by atoms with Gasteiger partial charge in [0.2, 0.25) is 11.8 Å². The van der Waals surface area contributed by atoms with Crippen LogP contribution in [-0.2, 0) is 34.2 Å². The van der Waals surface area contributed by atoms with Gasteiger partial charge in [0.15, 0.2) is 0 Å². The molecule has 0 bridgehead atoms. The lowest BCUT2D eigenvalue weighted by atomic mass is 10.2. The molecule has 0 aromatic carbocycles. The fourth-order valence-electron chi connectivity index (χ4n) is 2.68. The van der Waals surface area contributed by atoms with Crippen LogP contribution in [0.3, 0.4) is 0 Å². The van der Waals surface area contributed by atoms with Crippen molar-refractivity contribution in [2.75, 3.05) is 5.32 Å². The highest BCUT2D eigenvalue weighted by Gasteiger charge is 2.32. The van der Waals surface area contributed by atoms with Crippen LogP contribution in [0, 0.1) is 5.92 Å². The van der Waals surface area contributed by atoms with Crippen molar-refractivity contribution in [2.24, 2.45) is 5.92 Å². The molecule has 0 unspecified atom stereocenters. The van der Waals surface area contributed by atoms with E-state index in [0.29, 0.717) is 18.1 Å². The summed E-state index contributed by atoms with van der Waals surface area (Å²) < 4.78 is 6.81. The van der Waals surface area contributed by atoms with E-state index in [1.807, 2.05) is 0 Å². The van der Waals surface area contributed by atoms with Gasteiger partial charge in [-0.25, -0.2) is 4.68 Å². The molecular formula is C16H18N4O3S. The van der Waals surface area contributed by atoms with E-state index in [1.165, 1.54) is 0 Å². The van der Waals surface area contributed by atoms with Gasteiger partial charge in [-0.3, -0.25) is 9.59 Å². The highest BCUT2D eigenvalue weighted by molar-refractivity contribution is 7.98. The van der Waals surface area contributed by atoms with Crippen molar-refractivity contribution in [3.8, 4) is 0 Å². The number of carbonyl (C=O) groups excluding carboxylic acids is 2. The number of nitrogens with zero attached hydrogens (tertiary/aromatic N) is 2. The minimum Gasteiger partial charge on any atom is -0.467 e. The zero-order valence-corrected chi connectivity index (χ0v) is 13.9. The van der Waals surface area contributed by atoms with Gasteiger partial charge < -0.3 is 15.1 Å². The minimum absolute atomic E-state index is 0.0341. The Kier molecular flexibility index (Phi) is 4.05. The van der Waals surface area contributed by atoms with Gasteiger partial charge in [0.1, 0.15) is 18.1 Å². The number of amides is 2. The minimum atomic E-state index is -0.165. The zero-order valence-electron chi connectivity index (χ0n) is 13.1. The number of hydrogen-bond donors (Lipinski definition) is 2. The largest absolute Gasteiger partial charge is 0.467 e. The molecule has 2 aromatic heterocycles. The Hall–Kier alpha value is -2.22. The summed E-state index contributed by atoms with van der Waals surface area (Å²) in [4.78, 5) is 24.3. The number of nitrogens with one attached hydrogen (secondary N) is 2. The lowest BCUT2D eigenvalue weighted by Gasteiger charge is -2.10. The van der Waals surface area contributed by atoms with Crippen LogP contribution in [-0.4, -0.2) is 21.6 Å². The first kappa shape index (κ1) is 15.3. The molecule has 2 aromatic rings. The maximum atomic E-state index is 12.2. The van der Waals surface area contributed by atoms with Crippen LogP contribution in [0.15, 0.2) is 22.8 Å². The van der Waals surface area contributed by atoms with Crippen LogP contribution in [0.5, 0.6) is 0 Å². The maximum absolute atomic E-state index is 12.2. The van der Waals surface area contributed by atoms with E-state index in [2.05, 4.69) is 15.7 Å². The van der Waals surface area contributed by atoms with Gasteiger partial charge >= 0.3 is 0 Å². The van der Waals surface area contributed by atoms with E-state index < -0.39 is 0 Å². The van der Waals surface area contributed by atoms with E-state index in [-0.39, 0.29) is 24.3 Å². The lowest BCUT2D eigenvalue weighted by molar-refractivity contribution is -0.122. The summed E-state index contributed by atoms with van der Waals surface area (Å²) in [5, 5.41) is 10.3. The molecule has 4 rings (SSSR count). The fraction of sp³-hybridized carbons (Fsp3) is 0.438. The van der Waals surface area contributed by atoms with Crippen LogP contribution in [0.25, 0.3) is 0 Å². The predicted molar refractivity (Wildman–Crippen MR) is 89.1 cm³/mol. The second-order valence-corrected chi connectivity index (χ2v) is 7.03. The van der Waals surface area contributed by atoms with Gasteiger partial charge in [0, 0.05) is 23.0 Å². The van der Waals surface area contributed by atoms with Gasteiger partial charge in [-0.15, -0.1) is 0 Å². The summed E-state index contributed by atoms with van der Waals surface area (Å²) in [7, 11) is 0. The topological polar surface area (TPSA) is 89.2 Å². The Balaban J connectivity index is 1.45. The number of anilines is 1. The quantitative estimate of drug-likeness (QED) is 0.834. The SMILES string of the molecule is O=C(Cn1nc2c(c1NC(=O)C1CC1)CSC2)NCc1ccco1. The van der Waals surface area contributed by atoms with Crippen LogP contribution in [0.4, 0.5) is 5.82 Å². The van der Waals surface area contributed by atoms with Gasteiger partial charge in [-0.1, -0.05) is 0 Å². The molecule has 0 atom stereocenters. The Bertz CT molecular complexity index is 765. The summed E-state index contributed by atoms with van der Waals surface area (Å²) in [6.45, 7) is 0.422. The monoisotopic (exact) mass is 346 g/mol. The zero-order chi connectivity index (χ0) is 16.5. The van der Waals surface area contributed by atoms with E-state index in [1.54, 1.807) is 34.8 Å². The molecule has 1 fully saturated rings. The van der Waals surface area contributed by atoms with Crippen molar-refractivity contribution < 1.29 is 14.0 Å². The van der Waals surface area contributed by atoms with Crippen molar-refractivity contribution in [3.05, 3.63) is 35.4 Å². The number of hydrogen-bond acceptors (Lipinski definition) is 5. The normalized spacial score (nSPS) is 16.0. The Labute approximate surface area is 143 Å². The predicted octanol–water partition coefficient (Wildman–Crippen LogP) is 1.89. The molecule has 3 heterocycles. The van der Waals surface area contributed by atoms with Crippen molar-refractivity contribution >= 4 is 29.4 Å². The highest BCUT2D eigenvalue weighted by atomic mass is 32.2. The molecule has 8 heteroatoms. The number of carbonyl (C=O) groups is 2. The average molecular weight is 346 g/mol. The number of furan rings is 1. The van der Waals surface area contributed by atoms with E-state index in [9.17, 15) is 9.59 Å². The smallest absolute Gasteiger partial charge is 0.242 e. The molecule has 1 saturated carbocycles. The van der Waals surface area contributed by atoms with Gasteiger partial charge in [0.05, 0.1) is 18.5 Å². The van der Waals surface area contributed by atoms with Crippen LogP contribution in [0.2, 0.25) is 0 Å². The van der Waals surface area contributed by atoms with Gasteiger partial charge in [0.25, 0.3) is 0 Å². The second-order valence-electron chi connectivity index (χ2n) is 6.04. The molecular weight excluding hydrogens is 328 g/mol. The third-order valence-electron chi connectivity index (χ3n) is 4.14. The number of fused-ring (bicyclic) bond motifs is 1. The van der Waals surface area contributed by atoms with Crippen molar-refractivity contribution in [2.45, 2.75) is 37.4 Å². The molecule has 1 aliphatic carbocycles. The van der Waals surface area contributed by atoms with E-state index in [0.717, 1.165) is 35.6 Å². The standard InChI is InChI=1S/C16H18N4O3S/c21-14(17-6-11-2-1-5-23-11)7-20-15(18-16(22)10-3-4-10)12-8-24-9-13(12)19-20/h1-2,5,10H,3-4,6-9H2,(H,17,21)(H,18,22). The van der Waals surface area contributed by atoms with E-state index in [4.69, 9.17) is 4.42 Å². The highest BCUT2D eigenvalue weighted by Crippen LogP contribution is 2.36. The number of thioether (sulfide) groups is 1. The maximum Gasteiger partial charge on any atom is 0.242 e. The summed E-state index contributed by atoms with van der Waals surface area (Å²) in [6.07, 6.45) is 3.46. The van der Waals surface area contributed by atoms with Crippen LogP contribution >= 0.6 is 11.8 Å². The molecule has 2 aliphatic rings. The molecule has 0 spiro atoms. The van der Waals surface area contributed by atoms with Crippen molar-refractivity contribution in [3.63, 3.8) is 0 Å². The first-order valence-electron chi connectivity index (χ1n) is 7.97. The summed E-state index contributed by atoms with van der Waals surface area (Å²) in [6, 6.07) is 3.59. The molecule has 126 valence electrons. The van der Waals surface area contributed by atoms with Crippen molar-refractivity contribution in [1.82, 2.24) is 15.1 Å². The lowest BCUT2D eigenvalue weighted by Crippen LogP contribution is -2.28. The molecule has 0 radical (unpaired) electrons. The molecule has 7 nitrogen and oxygen atoms in total. The fourth-order valence-corrected chi connectivity index (χ4v) is 3.71. The molecule has 1 aliphatic heterocycles. The first-order valence-corrected chi connectivity index (χ1v) is 9.12. The molecule has 24 heavy (non-hydrogen) atoms. The van der Waals surface area contributed by atoms with Crippen LogP contribution < -0.4 is 10.6 Å². The second kappa shape index (κ2) is 6.35. The van der Waals surface area contributed by atoms with Gasteiger partial charge in [-0.05, 0) is 25.0 Å². The van der Waals surface area contributed by atoms with Gasteiger partial charge in [-0.2, -0.15) is 16.9 Å². The summed E-state index contributed by atoms with van der Waals surface area (Å²) in [5.41, 5.74) is 2.01. The molecule has 2 amide bonds. The number of aromatic nitrogens is 2. The Morgan fingerprint density at radius 2 is 2.25 bits per heavy atom. The van der Waals surface area contributed by atoms with Crippen LogP contribution in [0.1, 0.15) is 29.9 Å². The number of rotatable bonds is 6. The summed E-state index contributed by atoms with van der Waals surface area (Å²) in [5.74, 6) is 3.01. The Morgan fingerprint density at radius 1 is 1.38 bits per heavy atom. The van der Waals surface area contributed by atoms with E-state index >= 15 is 0 Å². The van der Waals surface area contributed by atoms with Crippen molar-refractivity contribution in [1.29, 1.82) is 0 Å². The Morgan fingerprint density at radius 3 is 3.00 bits per heavy atom. The first-order chi connectivity index (χ1) is 11.7. The molecule has 2 N–H and O–H groups in total. The molecule has 0 saturated heterocycles. The third kappa shape index (κ3) is 3.19. The average Bonchev–Trinajstić information content (AvgIpc) is 2.97. The third-order valence-corrected chi connectivity index (χ3v) is 5.11. The summed E-state index contributed by atoms with van der Waals surface area (Å²) >= 11 is 1.77.